The number of piperidine rings is 1. The summed E-state index contributed by atoms with van der Waals surface area (Å²) in [5.41, 5.74) is 0.663. The number of likely N-dealkylation sites (tertiary alicyclic amines) is 1. The van der Waals surface area contributed by atoms with Crippen molar-refractivity contribution in [2.24, 2.45) is 5.92 Å². The Balaban J connectivity index is 1.77. The highest BCUT2D eigenvalue weighted by Crippen LogP contribution is 2.18. The van der Waals surface area contributed by atoms with Crippen molar-refractivity contribution >= 4 is 0 Å². The van der Waals surface area contributed by atoms with Crippen LogP contribution in [0.1, 0.15) is 44.7 Å². The molecule has 2 heterocycles. The summed E-state index contributed by atoms with van der Waals surface area (Å²) in [6.45, 7) is 6.83. The smallest absolute Gasteiger partial charge is 0.108 e. The predicted octanol–water partition coefficient (Wildman–Crippen LogP) is 1.67. The maximum absolute atomic E-state index is 9.00. The second-order valence-electron chi connectivity index (χ2n) is 5.61. The van der Waals surface area contributed by atoms with E-state index < -0.39 is 0 Å². The van der Waals surface area contributed by atoms with Crippen LogP contribution in [0.25, 0.3) is 0 Å². The summed E-state index contributed by atoms with van der Waals surface area (Å²) in [6, 6.07) is 0. The third-order valence-electron chi connectivity index (χ3n) is 3.87. The van der Waals surface area contributed by atoms with Gasteiger partial charge in [-0.15, -0.1) is 5.10 Å². The summed E-state index contributed by atoms with van der Waals surface area (Å²) in [5.74, 6) is 0.670. The molecule has 1 fully saturated rings. The van der Waals surface area contributed by atoms with Crippen LogP contribution in [0, 0.1) is 5.92 Å². The molecule has 19 heavy (non-hydrogen) atoms. The van der Waals surface area contributed by atoms with Gasteiger partial charge in [-0.1, -0.05) is 25.0 Å². The van der Waals surface area contributed by atoms with Crippen LogP contribution in [0.15, 0.2) is 6.20 Å². The van der Waals surface area contributed by atoms with Crippen molar-refractivity contribution in [1.29, 1.82) is 0 Å². The van der Waals surface area contributed by atoms with Crippen molar-refractivity contribution in [2.75, 3.05) is 19.6 Å². The second kappa shape index (κ2) is 7.60. The van der Waals surface area contributed by atoms with Crippen LogP contribution < -0.4 is 0 Å². The van der Waals surface area contributed by atoms with Gasteiger partial charge in [0, 0.05) is 13.1 Å². The molecule has 1 N–H and O–H groups in total. The van der Waals surface area contributed by atoms with E-state index in [0.29, 0.717) is 11.6 Å². The number of nitrogens with zero attached hydrogens (tertiary/aromatic N) is 4. The van der Waals surface area contributed by atoms with Gasteiger partial charge in [-0.25, -0.2) is 0 Å². The minimum Gasteiger partial charge on any atom is -0.390 e. The summed E-state index contributed by atoms with van der Waals surface area (Å²) in [6.07, 6.45) is 8.37. The maximum Gasteiger partial charge on any atom is 0.108 e. The molecular weight excluding hydrogens is 240 g/mol. The van der Waals surface area contributed by atoms with E-state index in [4.69, 9.17) is 5.11 Å². The molecule has 0 aliphatic carbocycles. The van der Waals surface area contributed by atoms with E-state index in [1.165, 1.54) is 51.7 Å². The van der Waals surface area contributed by atoms with Gasteiger partial charge in [-0.2, -0.15) is 0 Å². The third kappa shape index (κ3) is 4.58. The number of aliphatic hydroxyl groups is 1. The Labute approximate surface area is 115 Å². The molecule has 1 aliphatic heterocycles. The van der Waals surface area contributed by atoms with Gasteiger partial charge >= 0.3 is 0 Å². The van der Waals surface area contributed by atoms with Gasteiger partial charge in [-0.3, -0.25) is 4.68 Å². The molecule has 0 aromatic carbocycles. The number of rotatable bonds is 7. The first-order chi connectivity index (χ1) is 9.31. The molecular formula is C14H26N4O. The Kier molecular flexibility index (Phi) is 5.79. The highest BCUT2D eigenvalue weighted by molar-refractivity contribution is 4.89. The van der Waals surface area contributed by atoms with Gasteiger partial charge in [0.05, 0.1) is 12.8 Å². The fourth-order valence-corrected chi connectivity index (χ4v) is 2.85. The topological polar surface area (TPSA) is 54.2 Å². The Morgan fingerprint density at radius 1 is 1.42 bits per heavy atom. The van der Waals surface area contributed by atoms with Crippen LogP contribution >= 0.6 is 0 Å². The highest BCUT2D eigenvalue weighted by Gasteiger charge is 2.20. The average Bonchev–Trinajstić information content (AvgIpc) is 2.87. The molecule has 0 spiro atoms. The third-order valence-corrected chi connectivity index (χ3v) is 3.87. The van der Waals surface area contributed by atoms with E-state index in [0.717, 1.165) is 6.54 Å². The van der Waals surface area contributed by atoms with Crippen molar-refractivity contribution in [3.8, 4) is 0 Å². The SMILES string of the molecule is CCCCCN1CCC[C@H](Cn2cc(CO)nn2)C1. The Hall–Kier alpha value is -0.940. The van der Waals surface area contributed by atoms with Gasteiger partial charge in [0.2, 0.25) is 0 Å². The zero-order valence-electron chi connectivity index (χ0n) is 12.0. The maximum atomic E-state index is 9.00. The zero-order chi connectivity index (χ0) is 13.5. The van der Waals surface area contributed by atoms with Gasteiger partial charge in [0.1, 0.15) is 5.69 Å². The van der Waals surface area contributed by atoms with E-state index in [1.807, 2.05) is 10.9 Å². The number of unbranched alkanes of at least 4 members (excludes halogenated alkanes) is 2. The summed E-state index contributed by atoms with van der Waals surface area (Å²) in [4.78, 5) is 2.59. The quantitative estimate of drug-likeness (QED) is 0.763. The van der Waals surface area contributed by atoms with Crippen molar-refractivity contribution in [3.05, 3.63) is 11.9 Å². The van der Waals surface area contributed by atoms with Crippen LogP contribution in [0.3, 0.4) is 0 Å². The van der Waals surface area contributed by atoms with Crippen LogP contribution in [0.4, 0.5) is 0 Å². The molecule has 1 aliphatic rings. The van der Waals surface area contributed by atoms with Gasteiger partial charge in [0.25, 0.3) is 0 Å². The molecule has 1 atom stereocenters. The van der Waals surface area contributed by atoms with Crippen molar-refractivity contribution in [2.45, 2.75) is 52.2 Å². The molecule has 0 radical (unpaired) electrons. The monoisotopic (exact) mass is 266 g/mol. The van der Waals surface area contributed by atoms with Crippen LogP contribution in [0.2, 0.25) is 0 Å². The molecule has 0 bridgehead atoms. The predicted molar refractivity (Wildman–Crippen MR) is 74.6 cm³/mol. The Morgan fingerprint density at radius 2 is 2.32 bits per heavy atom. The van der Waals surface area contributed by atoms with Gasteiger partial charge < -0.3 is 10.0 Å². The summed E-state index contributed by atoms with van der Waals surface area (Å²) < 4.78 is 1.88. The molecule has 2 rings (SSSR count). The van der Waals surface area contributed by atoms with Crippen LogP contribution in [-0.4, -0.2) is 44.6 Å². The summed E-state index contributed by atoms with van der Waals surface area (Å²) in [5, 5.41) is 17.0. The van der Waals surface area contributed by atoms with E-state index in [1.54, 1.807) is 0 Å². The summed E-state index contributed by atoms with van der Waals surface area (Å²) >= 11 is 0. The number of hydrogen-bond acceptors (Lipinski definition) is 4. The second-order valence-corrected chi connectivity index (χ2v) is 5.61. The van der Waals surface area contributed by atoms with Crippen molar-refractivity contribution < 1.29 is 5.11 Å². The lowest BCUT2D eigenvalue weighted by atomic mass is 9.98. The Morgan fingerprint density at radius 3 is 3.05 bits per heavy atom. The molecule has 1 saturated heterocycles. The van der Waals surface area contributed by atoms with Crippen LogP contribution in [0.5, 0.6) is 0 Å². The Bertz CT molecular complexity index is 366. The first-order valence-electron chi connectivity index (χ1n) is 7.54. The molecule has 108 valence electrons. The minimum absolute atomic E-state index is 0.0200. The number of hydrogen-bond donors (Lipinski definition) is 1. The molecule has 5 nitrogen and oxygen atoms in total. The largest absolute Gasteiger partial charge is 0.390 e. The molecule has 0 amide bonds. The normalized spacial score (nSPS) is 20.8. The van der Waals surface area contributed by atoms with Crippen molar-refractivity contribution in [1.82, 2.24) is 19.9 Å². The lowest BCUT2D eigenvalue weighted by Gasteiger charge is -2.32. The van der Waals surface area contributed by atoms with E-state index in [9.17, 15) is 0 Å². The first kappa shape index (κ1) is 14.5. The van der Waals surface area contributed by atoms with Gasteiger partial charge in [0.15, 0.2) is 0 Å². The first-order valence-corrected chi connectivity index (χ1v) is 7.54. The number of aromatic nitrogens is 3. The van der Waals surface area contributed by atoms with E-state index >= 15 is 0 Å². The standard InChI is InChI=1S/C14H26N4O/c1-2-3-4-7-17-8-5-6-13(9-17)10-18-11-14(12-19)15-16-18/h11,13,19H,2-10,12H2,1H3/t13-/m0/s1. The lowest BCUT2D eigenvalue weighted by molar-refractivity contribution is 0.157. The van der Waals surface area contributed by atoms with E-state index in [-0.39, 0.29) is 6.61 Å². The molecule has 0 saturated carbocycles. The fourth-order valence-electron chi connectivity index (χ4n) is 2.85. The zero-order valence-corrected chi connectivity index (χ0v) is 12.0. The lowest BCUT2D eigenvalue weighted by Crippen LogP contribution is -2.37. The molecule has 5 heteroatoms. The summed E-state index contributed by atoms with van der Waals surface area (Å²) in [7, 11) is 0. The average molecular weight is 266 g/mol. The van der Waals surface area contributed by atoms with Crippen LogP contribution in [-0.2, 0) is 13.2 Å². The van der Waals surface area contributed by atoms with E-state index in [2.05, 4.69) is 22.1 Å². The molecule has 0 unspecified atom stereocenters. The number of aliphatic hydroxyl groups excluding tert-OH is 1. The fraction of sp³-hybridized carbons (Fsp3) is 0.857. The molecule has 1 aromatic heterocycles. The molecule has 1 aromatic rings. The van der Waals surface area contributed by atoms with Gasteiger partial charge in [-0.05, 0) is 38.3 Å². The minimum atomic E-state index is -0.0200. The highest BCUT2D eigenvalue weighted by atomic mass is 16.3. The van der Waals surface area contributed by atoms with Crippen molar-refractivity contribution in [3.63, 3.8) is 0 Å².